The SMILES string of the molecule is Clc1ccc(CNCCOc2ccccn2)c(Cl)c1. The van der Waals surface area contributed by atoms with Crippen LogP contribution in [-0.2, 0) is 6.54 Å². The molecule has 19 heavy (non-hydrogen) atoms. The molecule has 5 heteroatoms. The van der Waals surface area contributed by atoms with Crippen LogP contribution in [0.2, 0.25) is 10.0 Å². The first-order valence-corrected chi connectivity index (χ1v) is 6.70. The lowest BCUT2D eigenvalue weighted by Gasteiger charge is -2.08. The summed E-state index contributed by atoms with van der Waals surface area (Å²) in [5, 5.41) is 4.57. The zero-order valence-corrected chi connectivity index (χ0v) is 11.8. The Hall–Kier alpha value is -1.29. The van der Waals surface area contributed by atoms with Crippen LogP contribution in [0, 0.1) is 0 Å². The highest BCUT2D eigenvalue weighted by Crippen LogP contribution is 2.20. The van der Waals surface area contributed by atoms with Crippen LogP contribution in [0.5, 0.6) is 5.88 Å². The fourth-order valence-corrected chi connectivity index (χ4v) is 2.02. The fraction of sp³-hybridized carbons (Fsp3) is 0.214. The Bertz CT molecular complexity index is 520. The van der Waals surface area contributed by atoms with Crippen LogP contribution >= 0.6 is 23.2 Å². The van der Waals surface area contributed by atoms with E-state index in [9.17, 15) is 0 Å². The summed E-state index contributed by atoms with van der Waals surface area (Å²) >= 11 is 11.9. The molecule has 0 spiro atoms. The first-order chi connectivity index (χ1) is 9.25. The zero-order chi connectivity index (χ0) is 13.5. The lowest BCUT2D eigenvalue weighted by molar-refractivity contribution is 0.302. The van der Waals surface area contributed by atoms with Crippen LogP contribution in [0.3, 0.4) is 0 Å². The number of nitrogens with one attached hydrogen (secondary N) is 1. The molecule has 0 fully saturated rings. The van der Waals surface area contributed by atoms with Crippen molar-refractivity contribution < 1.29 is 4.74 Å². The minimum Gasteiger partial charge on any atom is -0.476 e. The first kappa shape index (κ1) is 14.1. The lowest BCUT2D eigenvalue weighted by Crippen LogP contribution is -2.20. The minimum absolute atomic E-state index is 0.558. The molecule has 1 N–H and O–H groups in total. The van der Waals surface area contributed by atoms with Crippen LogP contribution in [0.4, 0.5) is 0 Å². The largest absolute Gasteiger partial charge is 0.476 e. The molecular formula is C14H14Cl2N2O. The number of hydrogen-bond acceptors (Lipinski definition) is 3. The Balaban J connectivity index is 1.69. The molecule has 0 saturated heterocycles. The molecule has 0 unspecified atom stereocenters. The number of pyridine rings is 1. The van der Waals surface area contributed by atoms with Crippen molar-refractivity contribution >= 4 is 23.2 Å². The average Bonchev–Trinajstić information content (AvgIpc) is 2.42. The normalized spacial score (nSPS) is 10.4. The van der Waals surface area contributed by atoms with E-state index in [-0.39, 0.29) is 0 Å². The van der Waals surface area contributed by atoms with Crippen LogP contribution < -0.4 is 10.1 Å². The van der Waals surface area contributed by atoms with Gasteiger partial charge < -0.3 is 10.1 Å². The summed E-state index contributed by atoms with van der Waals surface area (Å²) in [6.45, 7) is 1.96. The molecular weight excluding hydrogens is 283 g/mol. The van der Waals surface area contributed by atoms with Gasteiger partial charge in [0.25, 0.3) is 0 Å². The molecule has 2 aromatic rings. The summed E-state index contributed by atoms with van der Waals surface area (Å²) in [6, 6.07) is 11.1. The van der Waals surface area contributed by atoms with E-state index in [1.807, 2.05) is 30.3 Å². The Morgan fingerprint density at radius 1 is 1.16 bits per heavy atom. The third kappa shape index (κ3) is 4.71. The first-order valence-electron chi connectivity index (χ1n) is 5.94. The molecule has 100 valence electrons. The van der Waals surface area contributed by atoms with Gasteiger partial charge in [0.05, 0.1) is 0 Å². The maximum Gasteiger partial charge on any atom is 0.213 e. The van der Waals surface area contributed by atoms with Crippen molar-refractivity contribution in [2.24, 2.45) is 0 Å². The van der Waals surface area contributed by atoms with Gasteiger partial charge in [-0.05, 0) is 23.8 Å². The van der Waals surface area contributed by atoms with Crippen LogP contribution in [0.25, 0.3) is 0 Å². The van der Waals surface area contributed by atoms with Gasteiger partial charge in [-0.15, -0.1) is 0 Å². The second-order valence-electron chi connectivity index (χ2n) is 3.93. The molecule has 0 aliphatic rings. The van der Waals surface area contributed by atoms with Gasteiger partial charge in [-0.25, -0.2) is 4.98 Å². The number of halogens is 2. The molecule has 1 aromatic carbocycles. The van der Waals surface area contributed by atoms with Gasteiger partial charge in [-0.2, -0.15) is 0 Å². The van der Waals surface area contributed by atoms with Gasteiger partial charge in [0.15, 0.2) is 0 Å². The number of aromatic nitrogens is 1. The third-order valence-electron chi connectivity index (χ3n) is 2.50. The second-order valence-corrected chi connectivity index (χ2v) is 4.77. The average molecular weight is 297 g/mol. The maximum atomic E-state index is 6.07. The van der Waals surface area contributed by atoms with E-state index in [1.165, 1.54) is 0 Å². The van der Waals surface area contributed by atoms with E-state index in [4.69, 9.17) is 27.9 Å². The van der Waals surface area contributed by atoms with Gasteiger partial charge in [0.1, 0.15) is 6.61 Å². The van der Waals surface area contributed by atoms with Crippen molar-refractivity contribution in [3.63, 3.8) is 0 Å². The molecule has 0 aliphatic heterocycles. The summed E-state index contributed by atoms with van der Waals surface area (Å²) in [4.78, 5) is 4.07. The number of rotatable bonds is 6. The van der Waals surface area contributed by atoms with E-state index < -0.39 is 0 Å². The van der Waals surface area contributed by atoms with E-state index in [1.54, 1.807) is 12.3 Å². The minimum atomic E-state index is 0.558. The van der Waals surface area contributed by atoms with Gasteiger partial charge in [0.2, 0.25) is 5.88 Å². The predicted octanol–water partition coefficient (Wildman–Crippen LogP) is 3.56. The monoisotopic (exact) mass is 296 g/mol. The van der Waals surface area contributed by atoms with Gasteiger partial charge in [-0.1, -0.05) is 35.3 Å². The third-order valence-corrected chi connectivity index (χ3v) is 3.08. The highest BCUT2D eigenvalue weighted by molar-refractivity contribution is 6.35. The molecule has 0 aliphatic carbocycles. The van der Waals surface area contributed by atoms with Gasteiger partial charge >= 0.3 is 0 Å². The molecule has 2 rings (SSSR count). The number of benzene rings is 1. The summed E-state index contributed by atoms with van der Waals surface area (Å²) in [6.07, 6.45) is 1.70. The van der Waals surface area contributed by atoms with Crippen LogP contribution in [-0.4, -0.2) is 18.1 Å². The molecule has 0 amide bonds. The Morgan fingerprint density at radius 2 is 2.05 bits per heavy atom. The highest BCUT2D eigenvalue weighted by Gasteiger charge is 2.00. The Kier molecular flexibility index (Phi) is 5.45. The van der Waals surface area contributed by atoms with Crippen molar-refractivity contribution in [3.05, 3.63) is 58.2 Å². The summed E-state index contributed by atoms with van der Waals surface area (Å²) < 4.78 is 5.47. The molecule has 0 radical (unpaired) electrons. The maximum absolute atomic E-state index is 6.07. The van der Waals surface area contributed by atoms with Crippen LogP contribution in [0.1, 0.15) is 5.56 Å². The summed E-state index contributed by atoms with van der Waals surface area (Å²) in [5.41, 5.74) is 1.02. The molecule has 0 saturated carbocycles. The Morgan fingerprint density at radius 3 is 2.79 bits per heavy atom. The topological polar surface area (TPSA) is 34.1 Å². The zero-order valence-electron chi connectivity index (χ0n) is 10.3. The molecule has 1 aromatic heterocycles. The fourth-order valence-electron chi connectivity index (χ4n) is 1.55. The summed E-state index contributed by atoms with van der Waals surface area (Å²) in [7, 11) is 0. The number of ether oxygens (including phenoxy) is 1. The van der Waals surface area contributed by atoms with Crippen molar-refractivity contribution in [2.45, 2.75) is 6.54 Å². The quantitative estimate of drug-likeness (QED) is 0.828. The summed E-state index contributed by atoms with van der Waals surface area (Å²) in [5.74, 6) is 0.633. The predicted molar refractivity (Wildman–Crippen MR) is 77.9 cm³/mol. The van der Waals surface area contributed by atoms with Crippen molar-refractivity contribution in [2.75, 3.05) is 13.2 Å². The molecule has 0 atom stereocenters. The number of hydrogen-bond donors (Lipinski definition) is 1. The second kappa shape index (κ2) is 7.34. The lowest BCUT2D eigenvalue weighted by atomic mass is 10.2. The van der Waals surface area contributed by atoms with Gasteiger partial charge in [0, 0.05) is 35.4 Å². The molecule has 1 heterocycles. The van der Waals surface area contributed by atoms with E-state index in [0.717, 1.165) is 12.1 Å². The van der Waals surface area contributed by atoms with Crippen molar-refractivity contribution in [1.29, 1.82) is 0 Å². The van der Waals surface area contributed by atoms with E-state index in [0.29, 0.717) is 29.1 Å². The highest BCUT2D eigenvalue weighted by atomic mass is 35.5. The van der Waals surface area contributed by atoms with Crippen molar-refractivity contribution in [3.8, 4) is 5.88 Å². The van der Waals surface area contributed by atoms with Crippen molar-refractivity contribution in [1.82, 2.24) is 10.3 Å². The smallest absolute Gasteiger partial charge is 0.213 e. The number of nitrogens with zero attached hydrogens (tertiary/aromatic N) is 1. The molecule has 0 bridgehead atoms. The molecule has 3 nitrogen and oxygen atoms in total. The van der Waals surface area contributed by atoms with E-state index >= 15 is 0 Å². The van der Waals surface area contributed by atoms with E-state index in [2.05, 4.69) is 10.3 Å². The Labute approximate surface area is 122 Å². The van der Waals surface area contributed by atoms with Crippen LogP contribution in [0.15, 0.2) is 42.6 Å². The standard InChI is InChI=1S/C14H14Cl2N2O/c15-12-5-4-11(13(16)9-12)10-17-7-8-19-14-3-1-2-6-18-14/h1-6,9,17H,7-8,10H2. The van der Waals surface area contributed by atoms with Gasteiger partial charge in [-0.3, -0.25) is 0 Å².